The Balaban J connectivity index is 1.53. The Bertz CT molecular complexity index is 1040. The van der Waals surface area contributed by atoms with Crippen LogP contribution in [0.4, 0.5) is 24.5 Å². The third kappa shape index (κ3) is 5.55. The normalized spacial score (nSPS) is 10.3. The van der Waals surface area contributed by atoms with Gasteiger partial charge in [0.1, 0.15) is 5.82 Å². The lowest BCUT2D eigenvalue weighted by atomic mass is 10.2. The van der Waals surface area contributed by atoms with Crippen molar-refractivity contribution in [1.29, 1.82) is 0 Å². The van der Waals surface area contributed by atoms with Gasteiger partial charge in [-0.2, -0.15) is 0 Å². The zero-order valence-electron chi connectivity index (χ0n) is 15.0. The van der Waals surface area contributed by atoms with Gasteiger partial charge in [-0.25, -0.2) is 13.2 Å². The fourth-order valence-corrected chi connectivity index (χ4v) is 2.68. The van der Waals surface area contributed by atoms with Crippen molar-refractivity contribution in [1.82, 2.24) is 5.32 Å². The summed E-state index contributed by atoms with van der Waals surface area (Å²) in [5, 5.41) is 8.73. The summed E-state index contributed by atoms with van der Waals surface area (Å²) in [6.07, 6.45) is 0. The van der Waals surface area contributed by atoms with Crippen LogP contribution in [0.3, 0.4) is 0 Å². The topological polar surface area (TPSA) is 53.2 Å². The Labute approximate surface area is 170 Å². The Kier molecular flexibility index (Phi) is 6.46. The molecule has 0 radical (unpaired) electrons. The fourth-order valence-electron chi connectivity index (χ4n) is 2.49. The predicted octanol–water partition coefficient (Wildman–Crippen LogP) is 4.84. The van der Waals surface area contributed by atoms with Crippen molar-refractivity contribution in [3.63, 3.8) is 0 Å². The van der Waals surface area contributed by atoms with Crippen LogP contribution in [0.1, 0.15) is 15.9 Å². The second-order valence-electron chi connectivity index (χ2n) is 6.07. The molecule has 0 spiro atoms. The van der Waals surface area contributed by atoms with E-state index in [2.05, 4.69) is 16.0 Å². The first-order valence-corrected chi connectivity index (χ1v) is 8.98. The molecule has 0 aliphatic heterocycles. The third-order valence-corrected chi connectivity index (χ3v) is 4.20. The minimum Gasteiger partial charge on any atom is -0.358 e. The Morgan fingerprint density at radius 2 is 1.45 bits per heavy atom. The second kappa shape index (κ2) is 9.20. The highest BCUT2D eigenvalue weighted by Gasteiger charge is 2.11. The Hall–Kier alpha value is -3.39. The summed E-state index contributed by atoms with van der Waals surface area (Å²) < 4.78 is 39.8. The standard InChI is InChI=1S/C21H16F3N3OS/c22-17-4-2-1-3-16(17)20(28)26-14-6-8-15(9-7-14)27-21(29)25-12-13-5-10-18(23)19(24)11-13/h1-11H,12H2,(H,26,28)(H2,25,27,29). The van der Waals surface area contributed by atoms with Crippen molar-refractivity contribution in [2.24, 2.45) is 0 Å². The maximum Gasteiger partial charge on any atom is 0.258 e. The zero-order valence-corrected chi connectivity index (χ0v) is 15.8. The van der Waals surface area contributed by atoms with Gasteiger partial charge in [-0.1, -0.05) is 18.2 Å². The molecule has 0 saturated carbocycles. The van der Waals surface area contributed by atoms with Crippen LogP contribution in [0.5, 0.6) is 0 Å². The summed E-state index contributed by atoms with van der Waals surface area (Å²) in [5.74, 6) is -2.97. The first kappa shape index (κ1) is 20.3. The molecule has 8 heteroatoms. The maximum atomic E-state index is 13.7. The molecule has 0 bridgehead atoms. The fraction of sp³-hybridized carbons (Fsp3) is 0.0476. The van der Waals surface area contributed by atoms with Gasteiger partial charge in [0, 0.05) is 17.9 Å². The number of nitrogens with one attached hydrogen (secondary N) is 3. The van der Waals surface area contributed by atoms with Crippen LogP contribution in [0, 0.1) is 17.5 Å². The number of anilines is 2. The van der Waals surface area contributed by atoms with Crippen LogP contribution in [-0.2, 0) is 6.54 Å². The van der Waals surface area contributed by atoms with Gasteiger partial charge in [0.05, 0.1) is 5.56 Å². The SMILES string of the molecule is O=C(Nc1ccc(NC(=S)NCc2ccc(F)c(F)c2)cc1)c1ccccc1F. The van der Waals surface area contributed by atoms with E-state index in [1.54, 1.807) is 30.3 Å². The quantitative estimate of drug-likeness (QED) is 0.522. The minimum atomic E-state index is -0.920. The molecule has 0 atom stereocenters. The van der Waals surface area contributed by atoms with Crippen molar-refractivity contribution in [2.45, 2.75) is 6.54 Å². The highest BCUT2D eigenvalue weighted by Crippen LogP contribution is 2.16. The number of hydrogen-bond acceptors (Lipinski definition) is 2. The van der Waals surface area contributed by atoms with Gasteiger partial charge in [0.2, 0.25) is 0 Å². The lowest BCUT2D eigenvalue weighted by Gasteiger charge is -2.12. The van der Waals surface area contributed by atoms with E-state index in [1.165, 1.54) is 24.3 Å². The molecular weight excluding hydrogens is 399 g/mol. The summed E-state index contributed by atoms with van der Waals surface area (Å²) in [4.78, 5) is 12.1. The highest BCUT2D eigenvalue weighted by molar-refractivity contribution is 7.80. The summed E-state index contributed by atoms with van der Waals surface area (Å²) in [7, 11) is 0. The molecule has 0 aliphatic rings. The van der Waals surface area contributed by atoms with Gasteiger partial charge in [0.25, 0.3) is 5.91 Å². The lowest BCUT2D eigenvalue weighted by molar-refractivity contribution is 0.102. The Morgan fingerprint density at radius 3 is 2.10 bits per heavy atom. The molecular formula is C21H16F3N3OS. The van der Waals surface area contributed by atoms with Gasteiger partial charge in [-0.3, -0.25) is 4.79 Å². The van der Waals surface area contributed by atoms with Gasteiger partial charge in [-0.05, 0) is 66.3 Å². The molecule has 3 aromatic rings. The van der Waals surface area contributed by atoms with E-state index >= 15 is 0 Å². The van der Waals surface area contributed by atoms with Crippen LogP contribution in [0.25, 0.3) is 0 Å². The van der Waals surface area contributed by atoms with Gasteiger partial charge in [-0.15, -0.1) is 0 Å². The van der Waals surface area contributed by atoms with E-state index in [0.717, 1.165) is 12.1 Å². The molecule has 1 amide bonds. The molecule has 3 N–H and O–H groups in total. The van der Waals surface area contributed by atoms with Gasteiger partial charge in [0.15, 0.2) is 16.7 Å². The molecule has 4 nitrogen and oxygen atoms in total. The third-order valence-electron chi connectivity index (χ3n) is 3.96. The van der Waals surface area contributed by atoms with E-state index in [-0.39, 0.29) is 17.2 Å². The first-order valence-electron chi connectivity index (χ1n) is 8.57. The summed E-state index contributed by atoms with van der Waals surface area (Å²) >= 11 is 5.17. The van der Waals surface area contributed by atoms with Gasteiger partial charge >= 0.3 is 0 Å². The number of halogens is 3. The van der Waals surface area contributed by atoms with E-state index in [1.807, 2.05) is 0 Å². The number of amides is 1. The second-order valence-corrected chi connectivity index (χ2v) is 6.48. The monoisotopic (exact) mass is 415 g/mol. The largest absolute Gasteiger partial charge is 0.358 e. The Morgan fingerprint density at radius 1 is 0.793 bits per heavy atom. The molecule has 0 saturated heterocycles. The summed E-state index contributed by atoms with van der Waals surface area (Å²) in [6, 6.07) is 16.0. The van der Waals surface area contributed by atoms with Crippen molar-refractivity contribution in [2.75, 3.05) is 10.6 Å². The van der Waals surface area contributed by atoms with Crippen LogP contribution in [0.15, 0.2) is 66.7 Å². The highest BCUT2D eigenvalue weighted by atomic mass is 32.1. The summed E-state index contributed by atoms with van der Waals surface area (Å²) in [5.41, 5.74) is 1.64. The molecule has 0 fully saturated rings. The zero-order chi connectivity index (χ0) is 20.8. The van der Waals surface area contributed by atoms with Crippen molar-refractivity contribution in [3.8, 4) is 0 Å². The predicted molar refractivity (Wildman–Crippen MR) is 110 cm³/mol. The number of carbonyl (C=O) groups excluding carboxylic acids is 1. The number of rotatable bonds is 5. The number of carbonyl (C=O) groups is 1. The average Bonchev–Trinajstić information content (AvgIpc) is 2.70. The molecule has 3 rings (SSSR count). The number of hydrogen-bond donors (Lipinski definition) is 3. The van der Waals surface area contributed by atoms with E-state index < -0.39 is 23.4 Å². The molecule has 0 heterocycles. The summed E-state index contributed by atoms with van der Waals surface area (Å²) in [6.45, 7) is 0.222. The van der Waals surface area contributed by atoms with Gasteiger partial charge < -0.3 is 16.0 Å². The van der Waals surface area contributed by atoms with Crippen LogP contribution < -0.4 is 16.0 Å². The molecule has 0 aromatic heterocycles. The molecule has 29 heavy (non-hydrogen) atoms. The molecule has 0 aliphatic carbocycles. The molecule has 3 aromatic carbocycles. The maximum absolute atomic E-state index is 13.7. The number of thiocarbonyl (C=S) groups is 1. The van der Waals surface area contributed by atoms with E-state index in [0.29, 0.717) is 16.9 Å². The average molecular weight is 415 g/mol. The van der Waals surface area contributed by atoms with Crippen molar-refractivity contribution < 1.29 is 18.0 Å². The minimum absolute atomic E-state index is 0.0442. The van der Waals surface area contributed by atoms with Crippen molar-refractivity contribution >= 4 is 34.6 Å². The molecule has 148 valence electrons. The van der Waals surface area contributed by atoms with Crippen molar-refractivity contribution in [3.05, 3.63) is 95.3 Å². The lowest BCUT2D eigenvalue weighted by Crippen LogP contribution is -2.27. The smallest absolute Gasteiger partial charge is 0.258 e. The first-order chi connectivity index (χ1) is 13.9. The number of benzene rings is 3. The van der Waals surface area contributed by atoms with Crippen LogP contribution in [0.2, 0.25) is 0 Å². The van der Waals surface area contributed by atoms with Crippen LogP contribution in [-0.4, -0.2) is 11.0 Å². The molecule has 0 unspecified atom stereocenters. The van der Waals surface area contributed by atoms with E-state index in [9.17, 15) is 18.0 Å². The van der Waals surface area contributed by atoms with Crippen LogP contribution >= 0.6 is 12.2 Å². The van der Waals surface area contributed by atoms with E-state index in [4.69, 9.17) is 12.2 Å².